The van der Waals surface area contributed by atoms with Crippen molar-refractivity contribution in [2.24, 2.45) is 0 Å². The van der Waals surface area contributed by atoms with Gasteiger partial charge in [0.15, 0.2) is 0 Å². The molecular weight excluding hydrogens is 285 g/mol. The van der Waals surface area contributed by atoms with E-state index in [-0.39, 0.29) is 23.6 Å². The highest BCUT2D eigenvalue weighted by atomic mass is 19.1. The van der Waals surface area contributed by atoms with E-state index in [4.69, 9.17) is 0 Å². The quantitative estimate of drug-likeness (QED) is 0.904. The van der Waals surface area contributed by atoms with Crippen LogP contribution in [0, 0.1) is 12.7 Å². The molecule has 1 aliphatic heterocycles. The molecule has 0 spiro atoms. The molecule has 0 saturated carbocycles. The number of benzene rings is 1. The van der Waals surface area contributed by atoms with Crippen molar-refractivity contribution in [3.05, 3.63) is 41.7 Å². The number of hydrogen-bond donors (Lipinski definition) is 1. The SMILES string of the molecule is Cc1nc(C(=O)N2CCNC[C@@H]2C)nn1-c1ccc(F)cc1. The lowest BCUT2D eigenvalue weighted by Crippen LogP contribution is -2.52. The molecule has 0 bridgehead atoms. The van der Waals surface area contributed by atoms with Crippen LogP contribution in [0.2, 0.25) is 0 Å². The van der Waals surface area contributed by atoms with E-state index < -0.39 is 0 Å². The van der Waals surface area contributed by atoms with Crippen LogP contribution in [0.4, 0.5) is 4.39 Å². The third-order valence-electron chi connectivity index (χ3n) is 3.79. The van der Waals surface area contributed by atoms with Gasteiger partial charge in [-0.3, -0.25) is 4.79 Å². The third-order valence-corrected chi connectivity index (χ3v) is 3.79. The lowest BCUT2D eigenvalue weighted by molar-refractivity contribution is 0.0643. The third kappa shape index (κ3) is 2.71. The molecule has 7 heteroatoms. The molecule has 3 rings (SSSR count). The number of carbonyl (C=O) groups excluding carboxylic acids is 1. The fourth-order valence-electron chi connectivity index (χ4n) is 2.58. The summed E-state index contributed by atoms with van der Waals surface area (Å²) in [5.74, 6) is 0.291. The molecule has 1 N–H and O–H groups in total. The molecule has 0 unspecified atom stereocenters. The number of halogens is 1. The summed E-state index contributed by atoms with van der Waals surface area (Å²) >= 11 is 0. The molecule has 22 heavy (non-hydrogen) atoms. The Morgan fingerprint density at radius 2 is 2.09 bits per heavy atom. The van der Waals surface area contributed by atoms with Crippen LogP contribution in [0.1, 0.15) is 23.4 Å². The van der Waals surface area contributed by atoms with Gasteiger partial charge in [-0.2, -0.15) is 0 Å². The zero-order valence-electron chi connectivity index (χ0n) is 12.6. The average Bonchev–Trinajstić information content (AvgIpc) is 2.90. The van der Waals surface area contributed by atoms with Crippen LogP contribution >= 0.6 is 0 Å². The minimum Gasteiger partial charge on any atom is -0.331 e. The first-order valence-corrected chi connectivity index (χ1v) is 7.27. The summed E-state index contributed by atoms with van der Waals surface area (Å²) in [6, 6.07) is 6.05. The average molecular weight is 303 g/mol. The minimum absolute atomic E-state index is 0.110. The van der Waals surface area contributed by atoms with Crippen LogP contribution in [-0.4, -0.2) is 51.2 Å². The Morgan fingerprint density at radius 1 is 1.36 bits per heavy atom. The van der Waals surface area contributed by atoms with Gasteiger partial charge >= 0.3 is 0 Å². The molecule has 1 aromatic heterocycles. The van der Waals surface area contributed by atoms with E-state index in [9.17, 15) is 9.18 Å². The van der Waals surface area contributed by atoms with E-state index in [1.165, 1.54) is 12.1 Å². The lowest BCUT2D eigenvalue weighted by Gasteiger charge is -2.33. The summed E-state index contributed by atoms with van der Waals surface area (Å²) in [4.78, 5) is 18.6. The van der Waals surface area contributed by atoms with Crippen LogP contribution in [0.15, 0.2) is 24.3 Å². The highest BCUT2D eigenvalue weighted by molar-refractivity contribution is 5.90. The van der Waals surface area contributed by atoms with Gasteiger partial charge in [0.1, 0.15) is 11.6 Å². The molecule has 2 aromatic rings. The van der Waals surface area contributed by atoms with Crippen molar-refractivity contribution in [2.45, 2.75) is 19.9 Å². The maximum Gasteiger partial charge on any atom is 0.293 e. The predicted molar refractivity (Wildman–Crippen MR) is 79.4 cm³/mol. The predicted octanol–water partition coefficient (Wildman–Crippen LogP) is 1.15. The van der Waals surface area contributed by atoms with Gasteiger partial charge in [0.25, 0.3) is 5.91 Å². The number of amides is 1. The molecule has 1 fully saturated rings. The van der Waals surface area contributed by atoms with Gasteiger partial charge in [0.05, 0.1) is 5.69 Å². The molecule has 1 amide bonds. The van der Waals surface area contributed by atoms with Gasteiger partial charge in [-0.1, -0.05) is 0 Å². The number of carbonyl (C=O) groups is 1. The second-order valence-corrected chi connectivity index (χ2v) is 5.42. The van der Waals surface area contributed by atoms with Crippen molar-refractivity contribution in [3.8, 4) is 5.69 Å². The molecule has 2 heterocycles. The van der Waals surface area contributed by atoms with E-state index in [1.54, 1.807) is 28.6 Å². The fourth-order valence-corrected chi connectivity index (χ4v) is 2.58. The standard InChI is InChI=1S/C15H18FN5O/c1-10-9-17-7-8-20(10)15(22)14-18-11(2)21(19-14)13-5-3-12(16)4-6-13/h3-6,10,17H,7-9H2,1-2H3/t10-/m0/s1. The number of nitrogens with one attached hydrogen (secondary N) is 1. The summed E-state index contributed by atoms with van der Waals surface area (Å²) in [5, 5.41) is 7.53. The van der Waals surface area contributed by atoms with Crippen molar-refractivity contribution >= 4 is 5.91 Å². The Labute approximate surface area is 128 Å². The number of rotatable bonds is 2. The summed E-state index contributed by atoms with van der Waals surface area (Å²) in [7, 11) is 0. The maximum absolute atomic E-state index is 13.0. The van der Waals surface area contributed by atoms with E-state index in [0.717, 1.165) is 13.1 Å². The van der Waals surface area contributed by atoms with Crippen molar-refractivity contribution < 1.29 is 9.18 Å². The summed E-state index contributed by atoms with van der Waals surface area (Å²) < 4.78 is 14.6. The molecule has 1 atom stereocenters. The molecule has 0 aliphatic carbocycles. The van der Waals surface area contributed by atoms with Crippen molar-refractivity contribution in [2.75, 3.05) is 19.6 Å². The Morgan fingerprint density at radius 3 is 2.77 bits per heavy atom. The Kier molecular flexibility index (Phi) is 3.89. The molecule has 0 radical (unpaired) electrons. The van der Waals surface area contributed by atoms with E-state index in [0.29, 0.717) is 18.1 Å². The number of piperazine rings is 1. The topological polar surface area (TPSA) is 63.1 Å². The lowest BCUT2D eigenvalue weighted by atomic mass is 10.2. The van der Waals surface area contributed by atoms with E-state index in [2.05, 4.69) is 15.4 Å². The molecular formula is C15H18FN5O. The van der Waals surface area contributed by atoms with Crippen molar-refractivity contribution in [1.29, 1.82) is 0 Å². The second kappa shape index (κ2) is 5.84. The maximum atomic E-state index is 13.0. The minimum atomic E-state index is -0.313. The smallest absolute Gasteiger partial charge is 0.293 e. The molecule has 1 aliphatic rings. The summed E-state index contributed by atoms with van der Waals surface area (Å²) in [5.41, 5.74) is 0.679. The molecule has 1 aromatic carbocycles. The largest absolute Gasteiger partial charge is 0.331 e. The zero-order valence-corrected chi connectivity index (χ0v) is 12.6. The van der Waals surface area contributed by atoms with Crippen LogP contribution in [0.3, 0.4) is 0 Å². The first-order chi connectivity index (χ1) is 10.6. The Hall–Kier alpha value is -2.28. The van der Waals surface area contributed by atoms with Crippen LogP contribution in [0.5, 0.6) is 0 Å². The van der Waals surface area contributed by atoms with Gasteiger partial charge in [-0.05, 0) is 38.1 Å². The fraction of sp³-hybridized carbons (Fsp3) is 0.400. The first kappa shape index (κ1) is 14.6. The van der Waals surface area contributed by atoms with Gasteiger partial charge in [-0.25, -0.2) is 14.1 Å². The monoisotopic (exact) mass is 303 g/mol. The molecule has 6 nitrogen and oxygen atoms in total. The first-order valence-electron chi connectivity index (χ1n) is 7.27. The number of aryl methyl sites for hydroxylation is 1. The van der Waals surface area contributed by atoms with E-state index >= 15 is 0 Å². The Bertz CT molecular complexity index is 682. The van der Waals surface area contributed by atoms with Crippen molar-refractivity contribution in [1.82, 2.24) is 25.0 Å². The summed E-state index contributed by atoms with van der Waals surface area (Å²) in [6.07, 6.45) is 0. The van der Waals surface area contributed by atoms with Crippen LogP contribution < -0.4 is 5.32 Å². The Balaban J connectivity index is 1.88. The van der Waals surface area contributed by atoms with Crippen LogP contribution in [-0.2, 0) is 0 Å². The van der Waals surface area contributed by atoms with E-state index in [1.807, 2.05) is 6.92 Å². The van der Waals surface area contributed by atoms with Gasteiger partial charge < -0.3 is 10.2 Å². The van der Waals surface area contributed by atoms with Gasteiger partial charge in [0.2, 0.25) is 5.82 Å². The van der Waals surface area contributed by atoms with Gasteiger partial charge in [0, 0.05) is 25.7 Å². The van der Waals surface area contributed by atoms with Crippen molar-refractivity contribution in [3.63, 3.8) is 0 Å². The number of hydrogen-bond acceptors (Lipinski definition) is 4. The zero-order chi connectivity index (χ0) is 15.7. The van der Waals surface area contributed by atoms with Gasteiger partial charge in [-0.15, -0.1) is 5.10 Å². The number of nitrogens with zero attached hydrogens (tertiary/aromatic N) is 4. The highest BCUT2D eigenvalue weighted by Crippen LogP contribution is 2.13. The number of aromatic nitrogens is 3. The molecule has 116 valence electrons. The van der Waals surface area contributed by atoms with Crippen LogP contribution in [0.25, 0.3) is 5.69 Å². The normalized spacial score (nSPS) is 18.5. The highest BCUT2D eigenvalue weighted by Gasteiger charge is 2.27. The summed E-state index contributed by atoms with van der Waals surface area (Å²) in [6.45, 7) is 5.95. The molecule has 1 saturated heterocycles. The second-order valence-electron chi connectivity index (χ2n) is 5.42.